The van der Waals surface area contributed by atoms with E-state index in [1.165, 1.54) is 24.5 Å². The van der Waals surface area contributed by atoms with Crippen molar-refractivity contribution in [1.82, 2.24) is 14.1 Å². The van der Waals surface area contributed by atoms with Crippen LogP contribution in [0.1, 0.15) is 30.0 Å². The first-order valence-electron chi connectivity index (χ1n) is 8.64. The fourth-order valence-corrected chi connectivity index (χ4v) is 4.21. The van der Waals surface area contributed by atoms with Crippen molar-refractivity contribution in [2.75, 3.05) is 6.54 Å². The lowest BCUT2D eigenvalue weighted by molar-refractivity contribution is -0.0169. The maximum atomic E-state index is 13.4. The zero-order valence-corrected chi connectivity index (χ0v) is 15.4. The highest BCUT2D eigenvalue weighted by atomic mass is 32.2. The van der Waals surface area contributed by atoms with Gasteiger partial charge in [0.1, 0.15) is 5.76 Å². The molecule has 1 fully saturated rings. The maximum Gasteiger partial charge on any atom is 0.276 e. The van der Waals surface area contributed by atoms with Crippen molar-refractivity contribution in [3.05, 3.63) is 54.0 Å². The third-order valence-corrected chi connectivity index (χ3v) is 6.35. The molecule has 27 heavy (non-hydrogen) atoms. The van der Waals surface area contributed by atoms with Crippen LogP contribution in [-0.2, 0) is 14.8 Å². The summed E-state index contributed by atoms with van der Waals surface area (Å²) in [6.45, 7) is 1.39. The number of benzene rings is 1. The van der Waals surface area contributed by atoms with Crippen LogP contribution in [-0.4, -0.2) is 41.6 Å². The van der Waals surface area contributed by atoms with Gasteiger partial charge >= 0.3 is 0 Å². The van der Waals surface area contributed by atoms with E-state index in [2.05, 4.69) is 5.10 Å². The van der Waals surface area contributed by atoms with Crippen LogP contribution in [0.5, 0.6) is 0 Å². The van der Waals surface area contributed by atoms with E-state index < -0.39 is 29.1 Å². The Morgan fingerprint density at radius 2 is 1.93 bits per heavy atom. The van der Waals surface area contributed by atoms with Crippen molar-refractivity contribution in [3.63, 3.8) is 0 Å². The van der Waals surface area contributed by atoms with Crippen molar-refractivity contribution in [2.45, 2.75) is 43.2 Å². The first kappa shape index (κ1) is 18.0. The first-order valence-corrected chi connectivity index (χ1v) is 10.1. The average molecular weight is 395 g/mol. The molecule has 1 saturated carbocycles. The van der Waals surface area contributed by atoms with Crippen molar-refractivity contribution < 1.29 is 21.9 Å². The number of aryl methyl sites for hydroxylation is 1. The highest BCUT2D eigenvalue weighted by molar-refractivity contribution is 7.89. The van der Waals surface area contributed by atoms with E-state index in [1.54, 1.807) is 23.0 Å². The van der Waals surface area contributed by atoms with Crippen LogP contribution in [0.2, 0.25) is 0 Å². The fraction of sp³-hybridized carbons (Fsp3) is 0.389. The third kappa shape index (κ3) is 3.55. The lowest BCUT2D eigenvalue weighted by Crippen LogP contribution is -2.41. The molecule has 0 radical (unpaired) electrons. The third-order valence-electron chi connectivity index (χ3n) is 4.62. The van der Waals surface area contributed by atoms with Crippen molar-refractivity contribution in [2.24, 2.45) is 0 Å². The number of rotatable bonds is 5. The molecule has 2 aromatic rings. The molecule has 2 heterocycles. The largest absolute Gasteiger partial charge is 0.480 e. The van der Waals surface area contributed by atoms with E-state index in [-0.39, 0.29) is 10.7 Å². The lowest BCUT2D eigenvalue weighted by atomic mass is 10.2. The molecule has 1 aromatic carbocycles. The van der Waals surface area contributed by atoms with Gasteiger partial charge < -0.3 is 4.74 Å². The van der Waals surface area contributed by atoms with E-state index >= 15 is 0 Å². The van der Waals surface area contributed by atoms with Crippen LogP contribution >= 0.6 is 0 Å². The minimum atomic E-state index is -3.97. The number of hydrogen-bond donors (Lipinski definition) is 0. The molecular weight excluding hydrogens is 376 g/mol. The molecule has 4 rings (SSSR count). The number of alkyl halides is 2. The lowest BCUT2D eigenvalue weighted by Gasteiger charge is -2.32. The summed E-state index contributed by atoms with van der Waals surface area (Å²) in [6.07, 6.45) is 2.16. The minimum Gasteiger partial charge on any atom is -0.480 e. The van der Waals surface area contributed by atoms with Gasteiger partial charge in [0.05, 0.1) is 35.4 Å². The van der Waals surface area contributed by atoms with Crippen LogP contribution in [0.4, 0.5) is 8.78 Å². The summed E-state index contributed by atoms with van der Waals surface area (Å²) < 4.78 is 60.7. The van der Waals surface area contributed by atoms with Crippen LogP contribution in [0, 0.1) is 6.92 Å². The Hall–Kier alpha value is -2.42. The number of ether oxygens (including phenoxy) is 1. The van der Waals surface area contributed by atoms with Gasteiger partial charge in [-0.1, -0.05) is 17.7 Å². The molecule has 1 aromatic heterocycles. The molecule has 0 bridgehead atoms. The molecule has 0 N–H and O–H groups in total. The molecule has 2 aliphatic rings. The van der Waals surface area contributed by atoms with Crippen molar-refractivity contribution in [1.29, 1.82) is 0 Å². The van der Waals surface area contributed by atoms with Crippen LogP contribution < -0.4 is 0 Å². The second kappa shape index (κ2) is 6.63. The zero-order valence-electron chi connectivity index (χ0n) is 14.6. The summed E-state index contributed by atoms with van der Waals surface area (Å²) >= 11 is 0. The Balaban J connectivity index is 1.69. The summed E-state index contributed by atoms with van der Waals surface area (Å²) in [4.78, 5) is 0.0484. The zero-order chi connectivity index (χ0) is 19.2. The van der Waals surface area contributed by atoms with E-state index in [1.807, 2.05) is 6.92 Å². The van der Waals surface area contributed by atoms with Crippen LogP contribution in [0.3, 0.4) is 0 Å². The topological polar surface area (TPSA) is 64.4 Å². The second-order valence-corrected chi connectivity index (χ2v) is 8.70. The summed E-state index contributed by atoms with van der Waals surface area (Å²) in [6, 6.07) is 6.60. The van der Waals surface area contributed by atoms with Gasteiger partial charge in [0, 0.05) is 6.20 Å². The Morgan fingerprint density at radius 1 is 1.22 bits per heavy atom. The Bertz CT molecular complexity index is 966. The summed E-state index contributed by atoms with van der Waals surface area (Å²) in [5, 5.41) is 4.22. The van der Waals surface area contributed by atoms with Gasteiger partial charge in [-0.25, -0.2) is 17.2 Å². The first-order chi connectivity index (χ1) is 12.8. The highest BCUT2D eigenvalue weighted by Crippen LogP contribution is 2.36. The molecule has 0 amide bonds. The molecule has 1 aliphatic carbocycles. The summed E-state index contributed by atoms with van der Waals surface area (Å²) in [5.74, 6) is 0.0779. The van der Waals surface area contributed by atoms with Gasteiger partial charge in [-0.3, -0.25) is 8.99 Å². The molecule has 9 heteroatoms. The molecule has 0 saturated heterocycles. The molecular formula is C18H19F2N3O3S. The van der Waals surface area contributed by atoms with Gasteiger partial charge in [0.15, 0.2) is 6.10 Å². The number of aromatic nitrogens is 2. The average Bonchev–Trinajstić information content (AvgIpc) is 3.38. The Labute approximate surface area is 156 Å². The van der Waals surface area contributed by atoms with Crippen molar-refractivity contribution in [3.8, 4) is 0 Å². The Kier molecular flexibility index (Phi) is 4.41. The quantitative estimate of drug-likeness (QED) is 0.780. The molecule has 1 atom stereocenters. The smallest absolute Gasteiger partial charge is 0.276 e. The van der Waals surface area contributed by atoms with Gasteiger partial charge in [0.2, 0.25) is 0 Å². The van der Waals surface area contributed by atoms with E-state index in [0.717, 1.165) is 22.7 Å². The van der Waals surface area contributed by atoms with Crippen molar-refractivity contribution >= 4 is 15.8 Å². The second-order valence-electron chi connectivity index (χ2n) is 6.81. The van der Waals surface area contributed by atoms with E-state index in [4.69, 9.17) is 4.74 Å². The van der Waals surface area contributed by atoms with Gasteiger partial charge in [-0.2, -0.15) is 5.10 Å². The fourth-order valence-electron chi connectivity index (χ4n) is 2.88. The van der Waals surface area contributed by atoms with Gasteiger partial charge in [-0.05, 0) is 31.9 Å². The number of hydrogen-bond acceptors (Lipinski definition) is 4. The van der Waals surface area contributed by atoms with E-state index in [0.29, 0.717) is 11.6 Å². The predicted octanol–water partition coefficient (Wildman–Crippen LogP) is 3.18. The monoisotopic (exact) mass is 395 g/mol. The predicted molar refractivity (Wildman–Crippen MR) is 94.4 cm³/mol. The standard InChI is InChI=1S/C18H19F2N3O3S/c1-12-2-6-15(7-3-12)27(24,25)22-10-16(26-17(11-22)18(19)20)13-8-21-23(9-13)14-4-5-14/h2-3,6-10,14,17-18H,4-5,11H2,1H3. The van der Waals surface area contributed by atoms with Gasteiger partial charge in [-0.15, -0.1) is 0 Å². The number of nitrogens with zero attached hydrogens (tertiary/aromatic N) is 3. The Morgan fingerprint density at radius 3 is 2.56 bits per heavy atom. The summed E-state index contributed by atoms with van der Waals surface area (Å²) in [7, 11) is -3.97. The molecule has 1 aliphatic heterocycles. The van der Waals surface area contributed by atoms with Gasteiger partial charge in [0.25, 0.3) is 16.4 Å². The minimum absolute atomic E-state index is 0.0484. The van der Waals surface area contributed by atoms with E-state index in [9.17, 15) is 17.2 Å². The SMILES string of the molecule is Cc1ccc(S(=O)(=O)N2C=C(c3cnn(C4CC4)c3)OC(C(F)F)C2)cc1. The molecule has 6 nitrogen and oxygen atoms in total. The normalized spacial score (nSPS) is 20.5. The highest BCUT2D eigenvalue weighted by Gasteiger charge is 2.36. The molecule has 0 spiro atoms. The molecule has 144 valence electrons. The van der Waals surface area contributed by atoms with Crippen LogP contribution in [0.25, 0.3) is 5.76 Å². The number of sulfonamides is 1. The van der Waals surface area contributed by atoms with Crippen LogP contribution in [0.15, 0.2) is 47.8 Å². The number of halogens is 2. The maximum absolute atomic E-state index is 13.4. The summed E-state index contributed by atoms with van der Waals surface area (Å²) in [5.41, 5.74) is 1.39. The molecule has 1 unspecified atom stereocenters.